The molecule has 0 atom stereocenters. The van der Waals surface area contributed by atoms with E-state index in [0.717, 1.165) is 17.9 Å². The molecule has 0 radical (unpaired) electrons. The number of aromatic nitrogens is 2. The smallest absolute Gasteiger partial charge is 0.223 e. The molecule has 0 saturated heterocycles. The first-order valence-electron chi connectivity index (χ1n) is 9.95. The zero-order chi connectivity index (χ0) is 20.7. The second kappa shape index (κ2) is 9.41. The van der Waals surface area contributed by atoms with Gasteiger partial charge in [0.2, 0.25) is 5.91 Å². The summed E-state index contributed by atoms with van der Waals surface area (Å²) in [6.07, 6.45) is 4.07. The van der Waals surface area contributed by atoms with Gasteiger partial charge in [0.15, 0.2) is 0 Å². The minimum atomic E-state index is -0.0351. The maximum Gasteiger partial charge on any atom is 0.223 e. The van der Waals surface area contributed by atoms with Gasteiger partial charge in [-0.2, -0.15) is 5.10 Å². The molecule has 0 aliphatic heterocycles. The fraction of sp³-hybridized carbons (Fsp3) is 0.333. The van der Waals surface area contributed by atoms with Crippen LogP contribution in [0.5, 0.6) is 5.75 Å². The van der Waals surface area contributed by atoms with Gasteiger partial charge in [-0.25, -0.2) is 0 Å². The Morgan fingerprint density at radius 2 is 1.76 bits per heavy atom. The predicted octanol–water partition coefficient (Wildman–Crippen LogP) is 4.31. The monoisotopic (exact) mass is 391 g/mol. The molecule has 1 N–H and O–H groups in total. The van der Waals surface area contributed by atoms with Crippen molar-refractivity contribution in [1.82, 2.24) is 15.1 Å². The highest BCUT2D eigenvalue weighted by Crippen LogP contribution is 2.24. The van der Waals surface area contributed by atoms with Gasteiger partial charge in [-0.1, -0.05) is 63.2 Å². The maximum absolute atomic E-state index is 12.1. The van der Waals surface area contributed by atoms with Gasteiger partial charge in [-0.3, -0.25) is 9.48 Å². The van der Waals surface area contributed by atoms with Gasteiger partial charge in [0.25, 0.3) is 0 Å². The first-order valence-corrected chi connectivity index (χ1v) is 9.95. The first kappa shape index (κ1) is 20.6. The maximum atomic E-state index is 12.1. The average molecular weight is 392 g/mol. The minimum Gasteiger partial charge on any atom is -0.493 e. The molecular weight excluding hydrogens is 362 g/mol. The lowest BCUT2D eigenvalue weighted by atomic mass is 9.87. The van der Waals surface area contributed by atoms with Crippen molar-refractivity contribution in [2.45, 2.75) is 45.7 Å². The van der Waals surface area contributed by atoms with Crippen LogP contribution in [0, 0.1) is 0 Å². The molecule has 3 rings (SSSR count). The van der Waals surface area contributed by atoms with E-state index >= 15 is 0 Å². The molecule has 0 spiro atoms. The molecular formula is C24H29N3O2. The SMILES string of the molecule is CC(C)(C)c1ccc(OCCC(=O)NCc2cnn(Cc3ccccc3)c2)cc1. The Balaban J connectivity index is 1.38. The van der Waals surface area contributed by atoms with Crippen molar-refractivity contribution >= 4 is 5.91 Å². The van der Waals surface area contributed by atoms with Crippen LogP contribution in [0.15, 0.2) is 67.0 Å². The number of benzene rings is 2. The Labute approximate surface area is 172 Å². The summed E-state index contributed by atoms with van der Waals surface area (Å²) in [7, 11) is 0. The standard InChI is InChI=1S/C24H29N3O2/c1-24(2,3)21-9-11-22(12-10-21)29-14-13-23(28)25-15-20-16-26-27(18-20)17-19-7-5-4-6-8-19/h4-12,16,18H,13-15,17H2,1-3H3,(H,25,28). The molecule has 0 aliphatic carbocycles. The van der Waals surface area contributed by atoms with Gasteiger partial charge in [-0.15, -0.1) is 0 Å². The van der Waals surface area contributed by atoms with Crippen molar-refractivity contribution in [1.29, 1.82) is 0 Å². The zero-order valence-corrected chi connectivity index (χ0v) is 17.4. The number of rotatable bonds is 8. The Morgan fingerprint density at radius 3 is 2.45 bits per heavy atom. The fourth-order valence-corrected chi connectivity index (χ4v) is 2.96. The van der Waals surface area contributed by atoms with E-state index in [4.69, 9.17) is 4.74 Å². The van der Waals surface area contributed by atoms with Gasteiger partial charge in [-0.05, 0) is 28.7 Å². The fourth-order valence-electron chi connectivity index (χ4n) is 2.96. The molecule has 5 heteroatoms. The molecule has 0 saturated carbocycles. The first-order chi connectivity index (χ1) is 13.9. The highest BCUT2D eigenvalue weighted by molar-refractivity contribution is 5.75. The Morgan fingerprint density at radius 1 is 1.03 bits per heavy atom. The van der Waals surface area contributed by atoms with Gasteiger partial charge >= 0.3 is 0 Å². The molecule has 5 nitrogen and oxygen atoms in total. The lowest BCUT2D eigenvalue weighted by Crippen LogP contribution is -2.24. The van der Waals surface area contributed by atoms with Crippen molar-refractivity contribution in [3.8, 4) is 5.75 Å². The molecule has 0 fully saturated rings. The minimum absolute atomic E-state index is 0.0351. The van der Waals surface area contributed by atoms with Crippen molar-refractivity contribution in [2.24, 2.45) is 0 Å². The van der Waals surface area contributed by atoms with Crippen LogP contribution in [0.4, 0.5) is 0 Å². The molecule has 1 aromatic heterocycles. The topological polar surface area (TPSA) is 56.1 Å². The lowest BCUT2D eigenvalue weighted by molar-refractivity contribution is -0.121. The van der Waals surface area contributed by atoms with Crippen LogP contribution >= 0.6 is 0 Å². The molecule has 0 aliphatic rings. The van der Waals surface area contributed by atoms with Gasteiger partial charge < -0.3 is 10.1 Å². The highest BCUT2D eigenvalue weighted by Gasteiger charge is 2.13. The van der Waals surface area contributed by atoms with Crippen molar-refractivity contribution in [3.63, 3.8) is 0 Å². The quantitative estimate of drug-likeness (QED) is 0.622. The van der Waals surface area contributed by atoms with Gasteiger partial charge in [0.1, 0.15) is 5.75 Å². The number of hydrogen-bond acceptors (Lipinski definition) is 3. The third-order valence-electron chi connectivity index (χ3n) is 4.68. The molecule has 1 amide bonds. The summed E-state index contributed by atoms with van der Waals surface area (Å²) in [5.74, 6) is 0.750. The van der Waals surface area contributed by atoms with Crippen LogP contribution in [0.2, 0.25) is 0 Å². The number of amides is 1. The Hall–Kier alpha value is -3.08. The van der Waals surface area contributed by atoms with E-state index in [1.807, 2.05) is 41.2 Å². The number of hydrogen-bond donors (Lipinski definition) is 1. The summed E-state index contributed by atoms with van der Waals surface area (Å²) >= 11 is 0. The predicted molar refractivity (Wildman–Crippen MR) is 115 cm³/mol. The van der Waals surface area contributed by atoms with Crippen LogP contribution in [0.3, 0.4) is 0 Å². The summed E-state index contributed by atoms with van der Waals surface area (Å²) in [6.45, 7) is 8.08. The van der Waals surface area contributed by atoms with Crippen molar-refractivity contribution < 1.29 is 9.53 Å². The van der Waals surface area contributed by atoms with E-state index in [9.17, 15) is 4.79 Å². The summed E-state index contributed by atoms with van der Waals surface area (Å²) in [6, 6.07) is 18.2. The molecule has 1 heterocycles. The molecule has 2 aromatic carbocycles. The van der Waals surface area contributed by atoms with E-state index in [1.54, 1.807) is 6.20 Å². The van der Waals surface area contributed by atoms with E-state index < -0.39 is 0 Å². The van der Waals surface area contributed by atoms with Crippen molar-refractivity contribution in [2.75, 3.05) is 6.61 Å². The van der Waals surface area contributed by atoms with E-state index in [1.165, 1.54) is 11.1 Å². The van der Waals surface area contributed by atoms with Crippen LogP contribution in [-0.2, 0) is 23.3 Å². The molecule has 152 valence electrons. The van der Waals surface area contributed by atoms with Crippen molar-refractivity contribution in [3.05, 3.63) is 83.7 Å². The van der Waals surface area contributed by atoms with E-state index in [-0.39, 0.29) is 11.3 Å². The summed E-state index contributed by atoms with van der Waals surface area (Å²) in [5.41, 5.74) is 3.55. The summed E-state index contributed by atoms with van der Waals surface area (Å²) in [5, 5.41) is 7.28. The number of carbonyl (C=O) groups excluding carboxylic acids is 1. The second-order valence-electron chi connectivity index (χ2n) is 8.18. The number of ether oxygens (including phenoxy) is 1. The largest absolute Gasteiger partial charge is 0.493 e. The number of nitrogens with one attached hydrogen (secondary N) is 1. The van der Waals surface area contributed by atoms with Gasteiger partial charge in [0, 0.05) is 18.3 Å². The molecule has 3 aromatic rings. The van der Waals surface area contributed by atoms with Crippen LogP contribution in [-0.4, -0.2) is 22.3 Å². The molecule has 0 bridgehead atoms. The molecule has 29 heavy (non-hydrogen) atoms. The highest BCUT2D eigenvalue weighted by atomic mass is 16.5. The summed E-state index contributed by atoms with van der Waals surface area (Å²) in [4.78, 5) is 12.1. The van der Waals surface area contributed by atoms with Crippen LogP contribution in [0.1, 0.15) is 43.9 Å². The van der Waals surface area contributed by atoms with Gasteiger partial charge in [0.05, 0.1) is 25.8 Å². The molecule has 0 unspecified atom stereocenters. The Kier molecular flexibility index (Phi) is 6.70. The third-order valence-corrected chi connectivity index (χ3v) is 4.68. The number of carbonyl (C=O) groups is 1. The number of nitrogens with zero attached hydrogens (tertiary/aromatic N) is 2. The van der Waals surface area contributed by atoms with Crippen LogP contribution in [0.25, 0.3) is 0 Å². The third kappa shape index (κ3) is 6.49. The lowest BCUT2D eigenvalue weighted by Gasteiger charge is -2.19. The normalized spacial score (nSPS) is 11.3. The average Bonchev–Trinajstić information content (AvgIpc) is 3.14. The van der Waals surface area contributed by atoms with Crippen LogP contribution < -0.4 is 10.1 Å². The second-order valence-corrected chi connectivity index (χ2v) is 8.18. The summed E-state index contributed by atoms with van der Waals surface area (Å²) < 4.78 is 7.57. The Bertz CT molecular complexity index is 909. The zero-order valence-electron chi connectivity index (χ0n) is 17.4. The van der Waals surface area contributed by atoms with E-state index in [0.29, 0.717) is 19.6 Å². The van der Waals surface area contributed by atoms with E-state index in [2.05, 4.69) is 55.5 Å².